The SMILES string of the molecule is CCC(Oc1ccc(C(C)(C)c2ccc(OC(=O)c3ccc(C(=O)C(C)(C)CC)cc3)c(C)c2)cc1C)C(CC)C(=O)c1ccc(Oc2ccc(C(=O)Oc3ccc(C(C)(C)c4ccc(OC(C)(CC)CC)c(C)c4)cc3C)cc2)cc1. The first-order valence-electron chi connectivity index (χ1n) is 29.1. The molecule has 0 bridgehead atoms. The van der Waals surface area contributed by atoms with Crippen molar-refractivity contribution in [2.45, 2.75) is 165 Å². The van der Waals surface area contributed by atoms with Gasteiger partial charge in [0.05, 0.1) is 17.0 Å². The number of hydrogen-bond acceptors (Lipinski definition) is 9. The molecular formula is C73H84O9. The van der Waals surface area contributed by atoms with Gasteiger partial charge in [-0.2, -0.15) is 0 Å². The van der Waals surface area contributed by atoms with Crippen molar-refractivity contribution in [1.29, 1.82) is 0 Å². The van der Waals surface area contributed by atoms with E-state index in [2.05, 4.69) is 91.8 Å². The highest BCUT2D eigenvalue weighted by Crippen LogP contribution is 2.40. The Labute approximate surface area is 487 Å². The van der Waals surface area contributed by atoms with Gasteiger partial charge in [0, 0.05) is 27.4 Å². The van der Waals surface area contributed by atoms with E-state index in [-0.39, 0.29) is 34.6 Å². The quantitative estimate of drug-likeness (QED) is 0.0331. The molecule has 0 amide bonds. The van der Waals surface area contributed by atoms with Gasteiger partial charge in [-0.1, -0.05) is 137 Å². The Morgan fingerprint density at radius 1 is 0.415 bits per heavy atom. The van der Waals surface area contributed by atoms with Gasteiger partial charge in [-0.15, -0.1) is 0 Å². The molecule has 2 atom stereocenters. The molecule has 0 heterocycles. The smallest absolute Gasteiger partial charge is 0.343 e. The Morgan fingerprint density at radius 3 is 1.15 bits per heavy atom. The van der Waals surface area contributed by atoms with E-state index >= 15 is 0 Å². The minimum absolute atomic E-state index is 0.00381. The molecule has 0 spiro atoms. The molecule has 7 aromatic rings. The van der Waals surface area contributed by atoms with Crippen LogP contribution in [0.4, 0.5) is 0 Å². The lowest BCUT2D eigenvalue weighted by atomic mass is 9.77. The van der Waals surface area contributed by atoms with Crippen LogP contribution in [0, 0.1) is 39.0 Å². The number of carbonyl (C=O) groups is 4. The lowest BCUT2D eigenvalue weighted by molar-refractivity contribution is 0.0717. The van der Waals surface area contributed by atoms with Crippen molar-refractivity contribution < 1.29 is 42.9 Å². The van der Waals surface area contributed by atoms with Crippen LogP contribution < -0.4 is 23.7 Å². The zero-order valence-electron chi connectivity index (χ0n) is 51.2. The van der Waals surface area contributed by atoms with Crippen LogP contribution in [0.5, 0.6) is 34.5 Å². The molecule has 430 valence electrons. The number of Topliss-reactive ketones (excluding diaryl/α,β-unsaturated/α-hetero) is 2. The lowest BCUT2D eigenvalue weighted by Crippen LogP contribution is -2.32. The summed E-state index contributed by atoms with van der Waals surface area (Å²) in [5.41, 5.74) is 8.63. The molecule has 7 aromatic carbocycles. The maximum absolute atomic E-state index is 14.2. The van der Waals surface area contributed by atoms with Crippen molar-refractivity contribution in [2.75, 3.05) is 0 Å². The van der Waals surface area contributed by atoms with Gasteiger partial charge in [0.25, 0.3) is 0 Å². The Morgan fingerprint density at radius 2 is 0.780 bits per heavy atom. The second-order valence-electron chi connectivity index (χ2n) is 23.9. The largest absolute Gasteiger partial charge is 0.489 e. The molecule has 0 fully saturated rings. The molecule has 0 aliphatic carbocycles. The Bertz CT molecular complexity index is 3410. The molecule has 0 saturated carbocycles. The summed E-state index contributed by atoms with van der Waals surface area (Å²) in [6.45, 7) is 33.1. The van der Waals surface area contributed by atoms with E-state index in [1.165, 1.54) is 5.56 Å². The van der Waals surface area contributed by atoms with E-state index in [4.69, 9.17) is 23.7 Å². The van der Waals surface area contributed by atoms with Gasteiger partial charge in [-0.3, -0.25) is 9.59 Å². The van der Waals surface area contributed by atoms with Crippen molar-refractivity contribution in [2.24, 2.45) is 11.3 Å². The highest BCUT2D eigenvalue weighted by molar-refractivity contribution is 6.01. The fourth-order valence-corrected chi connectivity index (χ4v) is 10.2. The summed E-state index contributed by atoms with van der Waals surface area (Å²) in [5.74, 6) is 2.37. The van der Waals surface area contributed by atoms with Crippen LogP contribution in [-0.4, -0.2) is 35.2 Å². The molecule has 0 N–H and O–H groups in total. The zero-order valence-corrected chi connectivity index (χ0v) is 51.2. The van der Waals surface area contributed by atoms with Crippen molar-refractivity contribution in [3.05, 3.63) is 212 Å². The Kier molecular flexibility index (Phi) is 19.3. The van der Waals surface area contributed by atoms with Crippen LogP contribution >= 0.6 is 0 Å². The molecular weight excluding hydrogens is 1020 g/mol. The van der Waals surface area contributed by atoms with Crippen molar-refractivity contribution in [1.82, 2.24) is 0 Å². The highest BCUT2D eigenvalue weighted by Gasteiger charge is 2.32. The molecule has 0 aliphatic rings. The van der Waals surface area contributed by atoms with Crippen LogP contribution in [-0.2, 0) is 10.8 Å². The summed E-state index contributed by atoms with van der Waals surface area (Å²) in [6, 6.07) is 45.1. The predicted octanol–water partition coefficient (Wildman–Crippen LogP) is 18.4. The minimum Gasteiger partial charge on any atom is -0.489 e. The molecule has 0 aliphatic heterocycles. The van der Waals surface area contributed by atoms with E-state index in [1.54, 1.807) is 72.8 Å². The summed E-state index contributed by atoms with van der Waals surface area (Å²) >= 11 is 0. The maximum atomic E-state index is 14.2. The van der Waals surface area contributed by atoms with Gasteiger partial charge in [0.15, 0.2) is 11.6 Å². The van der Waals surface area contributed by atoms with Gasteiger partial charge in [0.1, 0.15) is 46.2 Å². The predicted molar refractivity (Wildman–Crippen MR) is 329 cm³/mol. The first kappa shape index (κ1) is 61.8. The van der Waals surface area contributed by atoms with E-state index in [1.807, 2.05) is 91.8 Å². The summed E-state index contributed by atoms with van der Waals surface area (Å²) in [4.78, 5) is 53.7. The van der Waals surface area contributed by atoms with Gasteiger partial charge in [0.2, 0.25) is 0 Å². The van der Waals surface area contributed by atoms with Crippen LogP contribution in [0.15, 0.2) is 146 Å². The summed E-state index contributed by atoms with van der Waals surface area (Å²) in [7, 11) is 0. The first-order valence-corrected chi connectivity index (χ1v) is 29.1. The third kappa shape index (κ3) is 13.9. The standard InChI is InChI=1S/C73H84O9/c1-17-60(61(18-2)79-62-38-30-54(42-46(62)6)71(12,13)55-31-39-63(47(7)43-55)80-68(76)52-24-22-51(23-25-52)67(75)70(10,11)19-3)66(74)50-26-34-58(35-27-50)78-59-36-28-53(29-37-59)69(77)81-64-40-32-56(44-48(64)8)72(14,15)57-33-41-65(49(9)45-57)82-73(16,20-4)21-5/h22-45,60-61H,17-21H2,1-16H3. The number of ether oxygens (including phenoxy) is 5. The molecule has 9 nitrogen and oxygen atoms in total. The molecule has 0 saturated heterocycles. The topological polar surface area (TPSA) is 114 Å². The first-order chi connectivity index (χ1) is 38.8. The number of benzene rings is 7. The normalized spacial score (nSPS) is 12.7. The van der Waals surface area contributed by atoms with Gasteiger partial charge in [-0.25, -0.2) is 9.59 Å². The third-order valence-electron chi connectivity index (χ3n) is 17.1. The van der Waals surface area contributed by atoms with Gasteiger partial charge in [-0.05, 0) is 196 Å². The third-order valence-corrected chi connectivity index (χ3v) is 17.1. The number of rotatable bonds is 24. The number of carbonyl (C=O) groups excluding carboxylic acids is 4. The summed E-state index contributed by atoms with van der Waals surface area (Å²) in [5, 5.41) is 0. The fraction of sp³-hybridized carbons (Fsp3) is 0.370. The number of ketones is 2. The number of hydrogen-bond donors (Lipinski definition) is 0. The second kappa shape index (κ2) is 25.6. The van der Waals surface area contributed by atoms with Crippen LogP contribution in [0.25, 0.3) is 0 Å². The van der Waals surface area contributed by atoms with E-state index in [0.717, 1.165) is 69.7 Å². The Hall–Kier alpha value is -7.78. The number of esters is 2. The zero-order chi connectivity index (χ0) is 59.9. The summed E-state index contributed by atoms with van der Waals surface area (Å²) < 4.78 is 31.0. The molecule has 0 radical (unpaired) electrons. The van der Waals surface area contributed by atoms with Crippen molar-refractivity contribution in [3.8, 4) is 34.5 Å². The van der Waals surface area contributed by atoms with E-state index < -0.39 is 22.8 Å². The molecule has 7 rings (SSSR count). The van der Waals surface area contributed by atoms with E-state index in [9.17, 15) is 19.2 Å². The Balaban J connectivity index is 0.930. The number of aryl methyl sites for hydroxylation is 4. The fourth-order valence-electron chi connectivity index (χ4n) is 10.2. The summed E-state index contributed by atoms with van der Waals surface area (Å²) in [6.07, 6.45) is 3.45. The van der Waals surface area contributed by atoms with Crippen molar-refractivity contribution in [3.63, 3.8) is 0 Å². The highest BCUT2D eigenvalue weighted by atomic mass is 16.5. The molecule has 82 heavy (non-hydrogen) atoms. The maximum Gasteiger partial charge on any atom is 0.343 e. The minimum atomic E-state index is -0.488. The monoisotopic (exact) mass is 1100 g/mol. The molecule has 0 aromatic heterocycles. The molecule has 2 unspecified atom stereocenters. The lowest BCUT2D eigenvalue weighted by Gasteiger charge is -2.31. The van der Waals surface area contributed by atoms with E-state index in [0.29, 0.717) is 58.1 Å². The van der Waals surface area contributed by atoms with Gasteiger partial charge < -0.3 is 23.7 Å². The van der Waals surface area contributed by atoms with Crippen LogP contribution in [0.1, 0.15) is 201 Å². The van der Waals surface area contributed by atoms with Gasteiger partial charge >= 0.3 is 11.9 Å². The van der Waals surface area contributed by atoms with Crippen molar-refractivity contribution >= 4 is 23.5 Å². The second-order valence-corrected chi connectivity index (χ2v) is 23.9. The average molecular weight is 1110 g/mol. The van der Waals surface area contributed by atoms with Crippen LogP contribution in [0.2, 0.25) is 0 Å². The van der Waals surface area contributed by atoms with Crippen LogP contribution in [0.3, 0.4) is 0 Å². The molecule has 9 heteroatoms. The average Bonchev–Trinajstić information content (AvgIpc) is 3.41.